The first-order valence-electron chi connectivity index (χ1n) is 5.54. The smallest absolute Gasteiger partial charge is 0.166 e. The highest BCUT2D eigenvalue weighted by atomic mass is 32.1. The van der Waals surface area contributed by atoms with Gasteiger partial charge in [-0.2, -0.15) is 0 Å². The highest BCUT2D eigenvalue weighted by molar-refractivity contribution is 7.80. The molecule has 0 amide bonds. The summed E-state index contributed by atoms with van der Waals surface area (Å²) < 4.78 is 5.43. The maximum atomic E-state index is 5.68. The van der Waals surface area contributed by atoms with E-state index in [1.807, 2.05) is 4.90 Å². The minimum absolute atomic E-state index is 0.232. The van der Waals surface area contributed by atoms with Gasteiger partial charge in [-0.1, -0.05) is 19.6 Å². The Morgan fingerprint density at radius 3 is 2.81 bits per heavy atom. The molecule has 16 heavy (non-hydrogen) atoms. The third kappa shape index (κ3) is 4.52. The largest absolute Gasteiger partial charge is 0.377 e. The molecule has 1 saturated heterocycles. The third-order valence-corrected chi connectivity index (χ3v) is 3.47. The number of rotatable bonds is 1. The number of ether oxygens (including phenoxy) is 1. The second-order valence-electron chi connectivity index (χ2n) is 5.02. The van der Waals surface area contributed by atoms with Crippen LogP contribution < -0.4 is 5.73 Å². The van der Waals surface area contributed by atoms with Crippen molar-refractivity contribution in [3.05, 3.63) is 0 Å². The summed E-state index contributed by atoms with van der Waals surface area (Å²) in [5, 5.41) is 0.461. The first-order chi connectivity index (χ1) is 7.40. The molecule has 1 aliphatic heterocycles. The Bertz CT molecular complexity index is 316. The van der Waals surface area contributed by atoms with Gasteiger partial charge >= 0.3 is 0 Å². The van der Waals surface area contributed by atoms with Gasteiger partial charge in [-0.05, 0) is 12.2 Å². The Labute approximate surface area is 104 Å². The molecule has 1 rings (SSSR count). The van der Waals surface area contributed by atoms with Gasteiger partial charge in [0.15, 0.2) is 5.11 Å². The van der Waals surface area contributed by atoms with E-state index in [4.69, 9.17) is 22.7 Å². The van der Waals surface area contributed by atoms with Gasteiger partial charge in [-0.3, -0.25) is 0 Å². The zero-order valence-electron chi connectivity index (χ0n) is 10.2. The molecule has 0 aromatic rings. The van der Waals surface area contributed by atoms with Crippen LogP contribution in [0.2, 0.25) is 19.6 Å². The van der Waals surface area contributed by atoms with Gasteiger partial charge in [0.2, 0.25) is 0 Å². The molecule has 2 N–H and O–H groups in total. The zero-order valence-corrected chi connectivity index (χ0v) is 12.1. The van der Waals surface area contributed by atoms with Gasteiger partial charge in [0.25, 0.3) is 0 Å². The summed E-state index contributed by atoms with van der Waals surface area (Å²) in [5.74, 6) is 3.25. The maximum absolute atomic E-state index is 5.68. The quantitative estimate of drug-likeness (QED) is 0.435. The van der Waals surface area contributed by atoms with Crippen LogP contribution in [0.1, 0.15) is 6.42 Å². The summed E-state index contributed by atoms with van der Waals surface area (Å²) in [7, 11) is -1.28. The fourth-order valence-electron chi connectivity index (χ4n) is 1.55. The summed E-state index contributed by atoms with van der Waals surface area (Å²) in [4.78, 5) is 2.03. The van der Waals surface area contributed by atoms with Crippen molar-refractivity contribution in [2.24, 2.45) is 5.73 Å². The van der Waals surface area contributed by atoms with E-state index < -0.39 is 8.07 Å². The molecule has 0 aromatic carbocycles. The van der Waals surface area contributed by atoms with Gasteiger partial charge in [0.05, 0.1) is 19.3 Å². The van der Waals surface area contributed by atoms with E-state index in [0.29, 0.717) is 18.3 Å². The highest BCUT2D eigenvalue weighted by Gasteiger charge is 2.22. The number of nitrogens with two attached hydrogens (primary N) is 1. The first-order valence-corrected chi connectivity index (χ1v) is 9.45. The average Bonchev–Trinajstić information content (AvgIpc) is 2.16. The standard InChI is InChI=1S/C11H20N2OSSi/c1-16(2,3)8-4-5-10-9-14-7-6-13(10)11(12)15/h10H,5-7,9H2,1-3H3,(H2,12,15)/t10-/m0/s1. The summed E-state index contributed by atoms with van der Waals surface area (Å²) in [6, 6.07) is 0.232. The third-order valence-electron chi connectivity index (χ3n) is 2.31. The molecule has 1 atom stereocenters. The fourth-order valence-corrected chi connectivity index (χ4v) is 2.42. The molecule has 0 aromatic heterocycles. The van der Waals surface area contributed by atoms with Crippen molar-refractivity contribution in [2.75, 3.05) is 19.8 Å². The van der Waals surface area contributed by atoms with E-state index in [2.05, 4.69) is 31.1 Å². The van der Waals surface area contributed by atoms with E-state index in [1.165, 1.54) is 0 Å². The van der Waals surface area contributed by atoms with Crippen LogP contribution >= 0.6 is 12.2 Å². The topological polar surface area (TPSA) is 38.5 Å². The number of hydrogen-bond acceptors (Lipinski definition) is 2. The number of thiocarbonyl (C=S) groups is 1. The number of nitrogens with zero attached hydrogens (tertiary/aromatic N) is 1. The van der Waals surface area contributed by atoms with Crippen LogP contribution in [0, 0.1) is 11.5 Å². The zero-order chi connectivity index (χ0) is 12.2. The Kier molecular flexibility index (Phi) is 4.78. The molecule has 5 heteroatoms. The molecule has 0 bridgehead atoms. The van der Waals surface area contributed by atoms with Crippen molar-refractivity contribution in [3.63, 3.8) is 0 Å². The Morgan fingerprint density at radius 2 is 2.25 bits per heavy atom. The van der Waals surface area contributed by atoms with E-state index in [0.717, 1.165) is 13.0 Å². The summed E-state index contributed by atoms with van der Waals surface area (Å²) in [6.45, 7) is 8.88. The predicted molar refractivity (Wildman–Crippen MR) is 73.8 cm³/mol. The molecule has 0 radical (unpaired) electrons. The van der Waals surface area contributed by atoms with Gasteiger partial charge in [-0.25, -0.2) is 0 Å². The summed E-state index contributed by atoms with van der Waals surface area (Å²) in [5.41, 5.74) is 9.03. The van der Waals surface area contributed by atoms with Gasteiger partial charge in [-0.15, -0.1) is 11.5 Å². The van der Waals surface area contributed by atoms with E-state index in [-0.39, 0.29) is 6.04 Å². The molecule has 1 aliphatic rings. The first kappa shape index (κ1) is 13.5. The Hall–Kier alpha value is -0.573. The fraction of sp³-hybridized carbons (Fsp3) is 0.727. The monoisotopic (exact) mass is 256 g/mol. The lowest BCUT2D eigenvalue weighted by atomic mass is 10.2. The highest BCUT2D eigenvalue weighted by Crippen LogP contribution is 2.10. The normalized spacial score (nSPS) is 21.2. The van der Waals surface area contributed by atoms with Crippen molar-refractivity contribution < 1.29 is 4.74 Å². The van der Waals surface area contributed by atoms with Crippen LogP contribution in [0.4, 0.5) is 0 Å². The second-order valence-corrected chi connectivity index (χ2v) is 10.2. The Morgan fingerprint density at radius 1 is 1.56 bits per heavy atom. The molecule has 0 saturated carbocycles. The molecule has 1 fully saturated rings. The molecular formula is C11H20N2OSSi. The van der Waals surface area contributed by atoms with Crippen LogP contribution in [0.15, 0.2) is 0 Å². The van der Waals surface area contributed by atoms with E-state index in [1.54, 1.807) is 0 Å². The molecule has 0 unspecified atom stereocenters. The molecule has 90 valence electrons. The van der Waals surface area contributed by atoms with Crippen molar-refractivity contribution in [1.29, 1.82) is 0 Å². The van der Waals surface area contributed by atoms with Gasteiger partial charge in [0.1, 0.15) is 8.07 Å². The van der Waals surface area contributed by atoms with Crippen molar-refractivity contribution in [2.45, 2.75) is 32.1 Å². The lowest BCUT2D eigenvalue weighted by Gasteiger charge is -2.35. The van der Waals surface area contributed by atoms with Crippen LogP contribution in [0.5, 0.6) is 0 Å². The van der Waals surface area contributed by atoms with E-state index in [9.17, 15) is 0 Å². The Balaban J connectivity index is 2.56. The minimum atomic E-state index is -1.28. The second kappa shape index (κ2) is 5.67. The van der Waals surface area contributed by atoms with Gasteiger partial charge < -0.3 is 15.4 Å². The SMILES string of the molecule is C[Si](C)(C)C#CC[C@H]1COCCN1C(N)=S. The summed E-state index contributed by atoms with van der Waals surface area (Å²) >= 11 is 5.03. The van der Waals surface area contributed by atoms with Crippen LogP contribution in [0.25, 0.3) is 0 Å². The molecule has 1 heterocycles. The number of morpholine rings is 1. The molecule has 3 nitrogen and oxygen atoms in total. The van der Waals surface area contributed by atoms with Crippen LogP contribution in [-0.4, -0.2) is 43.9 Å². The summed E-state index contributed by atoms with van der Waals surface area (Å²) in [6.07, 6.45) is 0.793. The van der Waals surface area contributed by atoms with Gasteiger partial charge in [0, 0.05) is 13.0 Å². The lowest BCUT2D eigenvalue weighted by molar-refractivity contribution is 0.0290. The molecular weight excluding hydrogens is 236 g/mol. The molecule has 0 aliphatic carbocycles. The van der Waals surface area contributed by atoms with Crippen molar-refractivity contribution in [1.82, 2.24) is 4.90 Å². The van der Waals surface area contributed by atoms with Crippen molar-refractivity contribution >= 4 is 25.4 Å². The minimum Gasteiger partial charge on any atom is -0.377 e. The van der Waals surface area contributed by atoms with Crippen LogP contribution in [0.3, 0.4) is 0 Å². The maximum Gasteiger partial charge on any atom is 0.166 e. The van der Waals surface area contributed by atoms with Crippen LogP contribution in [-0.2, 0) is 4.74 Å². The predicted octanol–water partition coefficient (Wildman–Crippen LogP) is 1.20. The molecule has 0 spiro atoms. The number of hydrogen-bond donors (Lipinski definition) is 1. The van der Waals surface area contributed by atoms with Crippen molar-refractivity contribution in [3.8, 4) is 11.5 Å². The average molecular weight is 256 g/mol. The van der Waals surface area contributed by atoms with E-state index >= 15 is 0 Å². The lowest BCUT2D eigenvalue weighted by Crippen LogP contribution is -2.50.